The number of unbranched alkanes of at least 4 members (excludes halogenated alkanes) is 1. The minimum atomic E-state index is 0.616. The summed E-state index contributed by atoms with van der Waals surface area (Å²) in [5.41, 5.74) is 4.43. The van der Waals surface area contributed by atoms with Gasteiger partial charge in [-0.25, -0.2) is 15.4 Å². The summed E-state index contributed by atoms with van der Waals surface area (Å²) in [5, 5.41) is 2.90. The minimum absolute atomic E-state index is 0.616. The van der Waals surface area contributed by atoms with Crippen LogP contribution in [0.1, 0.15) is 50.5 Å². The molecule has 0 radical (unpaired) electrons. The molecule has 0 saturated carbocycles. The van der Waals surface area contributed by atoms with Crippen LogP contribution in [0.2, 0.25) is 5.15 Å². The van der Waals surface area contributed by atoms with Gasteiger partial charge in [0, 0.05) is 19.5 Å². The lowest BCUT2D eigenvalue weighted by atomic mass is 10.2. The fraction of sp³-hybridized carbons (Fsp3) is 0.769. The highest BCUT2D eigenvalue weighted by molar-refractivity contribution is 6.30. The number of piperidine rings is 1. The van der Waals surface area contributed by atoms with E-state index in [0.29, 0.717) is 5.15 Å². The first kappa shape index (κ1) is 13.8. The van der Waals surface area contributed by atoms with Crippen LogP contribution < -0.4 is 5.43 Å². The number of nitrogens with zero attached hydrogens (tertiary/aromatic N) is 2. The van der Waals surface area contributed by atoms with Gasteiger partial charge in [-0.15, -0.1) is 0 Å². The molecule has 102 valence electrons. The molecule has 2 heterocycles. The lowest BCUT2D eigenvalue weighted by Crippen LogP contribution is -2.41. The second kappa shape index (κ2) is 7.12. The smallest absolute Gasteiger partial charge is 0.151 e. The number of halogens is 1. The number of nitrogens with one attached hydrogen (secondary N) is 2. The van der Waals surface area contributed by atoms with E-state index in [-0.39, 0.29) is 0 Å². The number of hydrogen-bond donors (Lipinski definition) is 2. The first-order valence-electron chi connectivity index (χ1n) is 7.01. The van der Waals surface area contributed by atoms with Gasteiger partial charge in [0.15, 0.2) is 5.15 Å². The van der Waals surface area contributed by atoms with Crippen molar-refractivity contribution < 1.29 is 0 Å². The second-order valence-corrected chi connectivity index (χ2v) is 5.30. The van der Waals surface area contributed by atoms with Gasteiger partial charge >= 0.3 is 0 Å². The largest absolute Gasteiger partial charge is 0.343 e. The summed E-state index contributed by atoms with van der Waals surface area (Å²) in [7, 11) is 0. The number of imidazole rings is 1. The lowest BCUT2D eigenvalue weighted by molar-refractivity contribution is 0.150. The third kappa shape index (κ3) is 3.97. The van der Waals surface area contributed by atoms with E-state index in [1.165, 1.54) is 25.7 Å². The molecule has 1 saturated heterocycles. The monoisotopic (exact) mass is 270 g/mol. The van der Waals surface area contributed by atoms with E-state index >= 15 is 0 Å². The maximum absolute atomic E-state index is 6.14. The number of aromatic amines is 1. The zero-order chi connectivity index (χ0) is 12.8. The Bertz CT molecular complexity index is 358. The quantitative estimate of drug-likeness (QED) is 0.835. The maximum Gasteiger partial charge on any atom is 0.151 e. The molecule has 0 spiro atoms. The Morgan fingerprint density at radius 2 is 2.11 bits per heavy atom. The molecule has 2 N–H and O–H groups in total. The summed E-state index contributed by atoms with van der Waals surface area (Å²) in [5.74, 6) is 1.01. The zero-order valence-corrected chi connectivity index (χ0v) is 11.9. The molecule has 1 aromatic heterocycles. The van der Waals surface area contributed by atoms with E-state index in [0.717, 1.165) is 44.0 Å². The van der Waals surface area contributed by atoms with Crippen LogP contribution in [-0.2, 0) is 13.0 Å². The van der Waals surface area contributed by atoms with Crippen LogP contribution in [0, 0.1) is 0 Å². The Kier molecular flexibility index (Phi) is 5.47. The first-order chi connectivity index (χ1) is 8.79. The molecule has 0 atom stereocenters. The van der Waals surface area contributed by atoms with Crippen molar-refractivity contribution in [2.75, 3.05) is 13.1 Å². The van der Waals surface area contributed by atoms with Crippen molar-refractivity contribution in [2.24, 2.45) is 0 Å². The molecular formula is C13H23ClN4. The van der Waals surface area contributed by atoms with Gasteiger partial charge in [-0.1, -0.05) is 31.4 Å². The molecule has 0 aliphatic carbocycles. The molecule has 1 fully saturated rings. The first-order valence-corrected chi connectivity index (χ1v) is 7.39. The van der Waals surface area contributed by atoms with Crippen LogP contribution in [0.5, 0.6) is 0 Å². The van der Waals surface area contributed by atoms with Crippen molar-refractivity contribution in [3.8, 4) is 0 Å². The van der Waals surface area contributed by atoms with Crippen molar-refractivity contribution in [1.29, 1.82) is 0 Å². The third-order valence-electron chi connectivity index (χ3n) is 3.38. The normalized spacial score (nSPS) is 17.2. The molecule has 0 aromatic carbocycles. The number of hydrogen-bond acceptors (Lipinski definition) is 3. The molecule has 2 rings (SSSR count). The predicted molar refractivity (Wildman–Crippen MR) is 74.5 cm³/mol. The molecule has 5 heteroatoms. The Labute approximate surface area is 114 Å². The maximum atomic E-state index is 6.14. The topological polar surface area (TPSA) is 44.0 Å². The van der Waals surface area contributed by atoms with E-state index in [4.69, 9.17) is 11.6 Å². The summed E-state index contributed by atoms with van der Waals surface area (Å²) in [6.45, 7) is 5.20. The minimum Gasteiger partial charge on any atom is -0.343 e. The summed E-state index contributed by atoms with van der Waals surface area (Å²) < 4.78 is 0. The van der Waals surface area contributed by atoms with Gasteiger partial charge in [-0.3, -0.25) is 0 Å². The van der Waals surface area contributed by atoms with Crippen molar-refractivity contribution in [1.82, 2.24) is 20.4 Å². The van der Waals surface area contributed by atoms with E-state index in [1.807, 2.05) is 0 Å². The average molecular weight is 271 g/mol. The molecule has 0 amide bonds. The summed E-state index contributed by atoms with van der Waals surface area (Å²) in [6.07, 6.45) is 7.24. The van der Waals surface area contributed by atoms with Gasteiger partial charge < -0.3 is 4.98 Å². The van der Waals surface area contributed by atoms with E-state index in [2.05, 4.69) is 27.3 Å². The Morgan fingerprint density at radius 1 is 1.33 bits per heavy atom. The third-order valence-corrected chi connectivity index (χ3v) is 3.69. The van der Waals surface area contributed by atoms with Crippen LogP contribution in [-0.4, -0.2) is 28.1 Å². The molecule has 1 aliphatic heterocycles. The molecule has 0 bridgehead atoms. The number of H-pyrrole nitrogens is 1. The van der Waals surface area contributed by atoms with Gasteiger partial charge in [0.05, 0.1) is 12.2 Å². The summed E-state index contributed by atoms with van der Waals surface area (Å²) in [4.78, 5) is 7.69. The van der Waals surface area contributed by atoms with Crippen LogP contribution >= 0.6 is 11.6 Å². The summed E-state index contributed by atoms with van der Waals surface area (Å²) in [6, 6.07) is 0. The van der Waals surface area contributed by atoms with E-state index in [1.54, 1.807) is 0 Å². The van der Waals surface area contributed by atoms with Crippen LogP contribution in [0.3, 0.4) is 0 Å². The molecule has 18 heavy (non-hydrogen) atoms. The van der Waals surface area contributed by atoms with E-state index < -0.39 is 0 Å². The second-order valence-electron chi connectivity index (χ2n) is 4.94. The standard InChI is InChI=1S/C13H23ClN4/c1-2-3-7-12-16-11(13(14)17-12)10-15-18-8-5-4-6-9-18/h15H,2-10H2,1H3,(H,16,17). The number of aryl methyl sites for hydroxylation is 1. The number of hydrazine groups is 1. The highest BCUT2D eigenvalue weighted by Gasteiger charge is 2.12. The van der Waals surface area contributed by atoms with Crippen molar-refractivity contribution in [3.63, 3.8) is 0 Å². The molecule has 1 aliphatic rings. The lowest BCUT2D eigenvalue weighted by Gasteiger charge is -2.26. The van der Waals surface area contributed by atoms with Gasteiger partial charge in [0.1, 0.15) is 5.82 Å². The SMILES string of the molecule is CCCCc1nc(Cl)c(CNN2CCCCC2)[nH]1. The highest BCUT2D eigenvalue weighted by Crippen LogP contribution is 2.14. The van der Waals surface area contributed by atoms with Crippen molar-refractivity contribution >= 4 is 11.6 Å². The Morgan fingerprint density at radius 3 is 2.83 bits per heavy atom. The molecule has 4 nitrogen and oxygen atoms in total. The fourth-order valence-corrected chi connectivity index (χ4v) is 2.48. The Balaban J connectivity index is 1.82. The van der Waals surface area contributed by atoms with Gasteiger partial charge in [0.25, 0.3) is 0 Å². The Hall–Kier alpha value is -0.580. The number of aromatic nitrogens is 2. The van der Waals surface area contributed by atoms with Gasteiger partial charge in [0.2, 0.25) is 0 Å². The van der Waals surface area contributed by atoms with Crippen LogP contribution in [0.4, 0.5) is 0 Å². The van der Waals surface area contributed by atoms with Crippen molar-refractivity contribution in [2.45, 2.75) is 52.0 Å². The number of rotatable bonds is 6. The molecule has 1 aromatic rings. The fourth-order valence-electron chi connectivity index (χ4n) is 2.26. The van der Waals surface area contributed by atoms with Crippen LogP contribution in [0.25, 0.3) is 0 Å². The molecule has 0 unspecified atom stereocenters. The zero-order valence-electron chi connectivity index (χ0n) is 11.1. The van der Waals surface area contributed by atoms with Crippen molar-refractivity contribution in [3.05, 3.63) is 16.7 Å². The average Bonchev–Trinajstić information content (AvgIpc) is 2.76. The van der Waals surface area contributed by atoms with E-state index in [9.17, 15) is 0 Å². The van der Waals surface area contributed by atoms with Gasteiger partial charge in [-0.05, 0) is 19.3 Å². The molecular weight excluding hydrogens is 248 g/mol. The van der Waals surface area contributed by atoms with Crippen LogP contribution in [0.15, 0.2) is 0 Å². The summed E-state index contributed by atoms with van der Waals surface area (Å²) >= 11 is 6.14. The van der Waals surface area contributed by atoms with Gasteiger partial charge in [-0.2, -0.15) is 0 Å². The highest BCUT2D eigenvalue weighted by atomic mass is 35.5. The predicted octanol–water partition coefficient (Wildman–Crippen LogP) is 2.90.